The highest BCUT2D eigenvalue weighted by atomic mass is 16.5. The molecule has 22 heavy (non-hydrogen) atoms. The lowest BCUT2D eigenvalue weighted by Crippen LogP contribution is -2.38. The van der Waals surface area contributed by atoms with Crippen molar-refractivity contribution in [1.29, 1.82) is 0 Å². The number of piperidine rings is 1. The Balaban J connectivity index is 1.68. The van der Waals surface area contributed by atoms with Crippen molar-refractivity contribution in [3.05, 3.63) is 23.9 Å². The molecule has 0 saturated carbocycles. The topological polar surface area (TPSA) is 54.5 Å². The lowest BCUT2D eigenvalue weighted by molar-refractivity contribution is 0.0858. The van der Waals surface area contributed by atoms with Gasteiger partial charge in [0.15, 0.2) is 0 Å². The number of carbonyl (C=O) groups excluding carboxylic acids is 1. The number of pyridine rings is 1. The zero-order chi connectivity index (χ0) is 15.4. The molecule has 2 aliphatic heterocycles. The Morgan fingerprint density at radius 1 is 1.45 bits per heavy atom. The maximum absolute atomic E-state index is 12.5. The quantitative estimate of drug-likeness (QED) is 0.927. The second-order valence-corrected chi connectivity index (χ2v) is 6.41. The molecule has 2 unspecified atom stereocenters. The average molecular weight is 303 g/mol. The van der Waals surface area contributed by atoms with Crippen molar-refractivity contribution < 1.29 is 9.53 Å². The number of aromatic nitrogens is 1. The third-order valence-electron chi connectivity index (χ3n) is 4.50. The van der Waals surface area contributed by atoms with Crippen LogP contribution in [-0.4, -0.2) is 43.2 Å². The predicted octanol–water partition coefficient (Wildman–Crippen LogP) is 2.23. The van der Waals surface area contributed by atoms with Crippen LogP contribution in [0.15, 0.2) is 18.3 Å². The van der Waals surface area contributed by atoms with Crippen molar-refractivity contribution >= 4 is 11.7 Å². The second kappa shape index (κ2) is 7.09. The van der Waals surface area contributed by atoms with Crippen LogP contribution in [-0.2, 0) is 4.74 Å². The zero-order valence-corrected chi connectivity index (χ0v) is 13.3. The Hall–Kier alpha value is -1.62. The number of nitrogens with zero attached hydrogens (tertiary/aromatic N) is 2. The van der Waals surface area contributed by atoms with E-state index in [4.69, 9.17) is 4.74 Å². The molecule has 2 aliphatic rings. The third kappa shape index (κ3) is 3.58. The SMILES string of the molecule is CC1CCCN(c2ncccc2C(=O)NCC2CCCO2)C1. The first kappa shape index (κ1) is 15.3. The summed E-state index contributed by atoms with van der Waals surface area (Å²) in [5.74, 6) is 1.43. The first-order valence-electron chi connectivity index (χ1n) is 8.34. The number of hydrogen-bond acceptors (Lipinski definition) is 4. The molecule has 0 aromatic carbocycles. The van der Waals surface area contributed by atoms with Crippen LogP contribution in [0.3, 0.4) is 0 Å². The van der Waals surface area contributed by atoms with E-state index in [1.54, 1.807) is 6.20 Å². The summed E-state index contributed by atoms with van der Waals surface area (Å²) < 4.78 is 5.56. The first-order valence-corrected chi connectivity index (χ1v) is 8.34. The van der Waals surface area contributed by atoms with Gasteiger partial charge >= 0.3 is 0 Å². The van der Waals surface area contributed by atoms with Gasteiger partial charge < -0.3 is 15.0 Å². The fourth-order valence-electron chi connectivity index (χ4n) is 3.32. The Morgan fingerprint density at radius 2 is 2.36 bits per heavy atom. The van der Waals surface area contributed by atoms with E-state index in [1.807, 2.05) is 12.1 Å². The summed E-state index contributed by atoms with van der Waals surface area (Å²) in [6.07, 6.45) is 6.47. The van der Waals surface area contributed by atoms with Gasteiger partial charge in [0.2, 0.25) is 0 Å². The smallest absolute Gasteiger partial charge is 0.255 e. The van der Waals surface area contributed by atoms with Crippen LogP contribution in [0.2, 0.25) is 0 Å². The molecule has 0 aliphatic carbocycles. The predicted molar refractivity (Wildman–Crippen MR) is 86.2 cm³/mol. The maximum atomic E-state index is 12.5. The Labute approximate surface area is 132 Å². The van der Waals surface area contributed by atoms with E-state index in [-0.39, 0.29) is 12.0 Å². The second-order valence-electron chi connectivity index (χ2n) is 6.41. The van der Waals surface area contributed by atoms with Gasteiger partial charge in [0.1, 0.15) is 5.82 Å². The summed E-state index contributed by atoms with van der Waals surface area (Å²) in [5, 5.41) is 3.00. The van der Waals surface area contributed by atoms with Crippen LogP contribution < -0.4 is 10.2 Å². The molecule has 120 valence electrons. The molecule has 0 spiro atoms. The molecule has 1 N–H and O–H groups in total. The minimum atomic E-state index is -0.0446. The summed E-state index contributed by atoms with van der Waals surface area (Å²) in [5.41, 5.74) is 0.676. The van der Waals surface area contributed by atoms with E-state index in [0.29, 0.717) is 18.0 Å². The first-order chi connectivity index (χ1) is 10.7. The molecule has 1 aromatic rings. The number of rotatable bonds is 4. The number of hydrogen-bond donors (Lipinski definition) is 1. The Kier molecular flexibility index (Phi) is 4.93. The van der Waals surface area contributed by atoms with Gasteiger partial charge in [-0.25, -0.2) is 4.98 Å². The van der Waals surface area contributed by atoms with E-state index in [0.717, 1.165) is 44.8 Å². The van der Waals surface area contributed by atoms with Gasteiger partial charge in [-0.3, -0.25) is 4.79 Å². The summed E-state index contributed by atoms with van der Waals surface area (Å²) in [6.45, 7) is 5.61. The van der Waals surface area contributed by atoms with Crippen molar-refractivity contribution in [3.63, 3.8) is 0 Å². The van der Waals surface area contributed by atoms with Gasteiger partial charge in [0.05, 0.1) is 11.7 Å². The monoisotopic (exact) mass is 303 g/mol. The van der Waals surface area contributed by atoms with Gasteiger partial charge in [-0.1, -0.05) is 6.92 Å². The van der Waals surface area contributed by atoms with Gasteiger partial charge in [-0.05, 0) is 43.7 Å². The number of anilines is 1. The van der Waals surface area contributed by atoms with Crippen molar-refractivity contribution in [3.8, 4) is 0 Å². The number of carbonyl (C=O) groups is 1. The number of nitrogens with one attached hydrogen (secondary N) is 1. The molecule has 1 amide bonds. The molecule has 2 saturated heterocycles. The summed E-state index contributed by atoms with van der Waals surface area (Å²) >= 11 is 0. The standard InChI is InChI=1S/C17H25N3O2/c1-13-5-3-9-20(12-13)16-15(7-2-8-18-16)17(21)19-11-14-6-4-10-22-14/h2,7-8,13-14H,3-6,9-12H2,1H3,(H,19,21). The van der Waals surface area contributed by atoms with Crippen LogP contribution in [0.25, 0.3) is 0 Å². The van der Waals surface area contributed by atoms with Crippen LogP contribution >= 0.6 is 0 Å². The van der Waals surface area contributed by atoms with Crippen LogP contribution in [0, 0.1) is 5.92 Å². The molecule has 5 heteroatoms. The number of amides is 1. The van der Waals surface area contributed by atoms with Crippen molar-refractivity contribution in [1.82, 2.24) is 10.3 Å². The lowest BCUT2D eigenvalue weighted by atomic mass is 10.00. The Bertz CT molecular complexity index is 514. The largest absolute Gasteiger partial charge is 0.376 e. The number of ether oxygens (including phenoxy) is 1. The lowest BCUT2D eigenvalue weighted by Gasteiger charge is -2.32. The maximum Gasteiger partial charge on any atom is 0.255 e. The summed E-state index contributed by atoms with van der Waals surface area (Å²) in [4.78, 5) is 19.2. The molecule has 5 nitrogen and oxygen atoms in total. The normalized spacial score (nSPS) is 25.2. The van der Waals surface area contributed by atoms with E-state index < -0.39 is 0 Å². The third-order valence-corrected chi connectivity index (χ3v) is 4.50. The van der Waals surface area contributed by atoms with Gasteiger partial charge in [0.25, 0.3) is 5.91 Å². The fraction of sp³-hybridized carbons (Fsp3) is 0.647. The zero-order valence-electron chi connectivity index (χ0n) is 13.3. The highest BCUT2D eigenvalue weighted by molar-refractivity contribution is 5.98. The molecular weight excluding hydrogens is 278 g/mol. The van der Waals surface area contributed by atoms with Crippen molar-refractivity contribution in [2.45, 2.75) is 38.7 Å². The summed E-state index contributed by atoms with van der Waals surface area (Å²) in [7, 11) is 0. The van der Waals surface area contributed by atoms with Crippen LogP contribution in [0.1, 0.15) is 43.0 Å². The minimum Gasteiger partial charge on any atom is -0.376 e. The van der Waals surface area contributed by atoms with Gasteiger partial charge in [-0.2, -0.15) is 0 Å². The van der Waals surface area contributed by atoms with Crippen molar-refractivity contribution in [2.24, 2.45) is 5.92 Å². The molecule has 2 fully saturated rings. The van der Waals surface area contributed by atoms with E-state index in [9.17, 15) is 4.79 Å². The highest BCUT2D eigenvalue weighted by Crippen LogP contribution is 2.24. The van der Waals surface area contributed by atoms with Crippen LogP contribution in [0.4, 0.5) is 5.82 Å². The molecule has 2 atom stereocenters. The minimum absolute atomic E-state index is 0.0446. The van der Waals surface area contributed by atoms with Gasteiger partial charge in [0, 0.05) is 32.4 Å². The molecule has 0 bridgehead atoms. The Morgan fingerprint density at radius 3 is 3.14 bits per heavy atom. The summed E-state index contributed by atoms with van der Waals surface area (Å²) in [6, 6.07) is 3.70. The van der Waals surface area contributed by atoms with E-state index in [1.165, 1.54) is 6.42 Å². The molecule has 0 radical (unpaired) electrons. The molecular formula is C17H25N3O2. The molecule has 3 heterocycles. The van der Waals surface area contributed by atoms with Crippen molar-refractivity contribution in [2.75, 3.05) is 31.1 Å². The van der Waals surface area contributed by atoms with E-state index >= 15 is 0 Å². The fourth-order valence-corrected chi connectivity index (χ4v) is 3.32. The average Bonchev–Trinajstić information content (AvgIpc) is 3.06. The van der Waals surface area contributed by atoms with Crippen LogP contribution in [0.5, 0.6) is 0 Å². The van der Waals surface area contributed by atoms with E-state index in [2.05, 4.69) is 22.1 Å². The molecule has 1 aromatic heterocycles. The highest BCUT2D eigenvalue weighted by Gasteiger charge is 2.23. The molecule has 3 rings (SSSR count). The van der Waals surface area contributed by atoms with Gasteiger partial charge in [-0.15, -0.1) is 0 Å².